The van der Waals surface area contributed by atoms with Gasteiger partial charge in [-0.15, -0.1) is 0 Å². The quantitative estimate of drug-likeness (QED) is 0.428. The number of hydrogen-bond donors (Lipinski definition) is 2. The van der Waals surface area contributed by atoms with Crippen molar-refractivity contribution < 1.29 is 19.4 Å². The number of ether oxygens (including phenoxy) is 2. The molecule has 2 aromatic carbocycles. The number of nitrogens with one attached hydrogen (secondary N) is 1. The number of methoxy groups -OCH3 is 2. The summed E-state index contributed by atoms with van der Waals surface area (Å²) in [5.41, 5.74) is 2.67. The first-order valence-corrected chi connectivity index (χ1v) is 9.77. The zero-order chi connectivity index (χ0) is 22.4. The zero-order valence-electron chi connectivity index (χ0n) is 17.7. The summed E-state index contributed by atoms with van der Waals surface area (Å²) in [6, 6.07) is 13.9. The molecule has 0 radical (unpaired) electrons. The number of aromatic amines is 1. The van der Waals surface area contributed by atoms with Gasteiger partial charge in [-0.3, -0.25) is 19.7 Å². The van der Waals surface area contributed by atoms with Crippen molar-refractivity contribution in [2.75, 3.05) is 20.8 Å². The van der Waals surface area contributed by atoms with Crippen LogP contribution in [0.5, 0.6) is 11.5 Å². The molecule has 0 unspecified atom stereocenters. The Morgan fingerprint density at radius 1 is 1.10 bits per heavy atom. The molecule has 0 aliphatic rings. The maximum Gasteiger partial charge on any atom is 0.311 e. The number of H-pyrrole nitrogens is 1. The van der Waals surface area contributed by atoms with Gasteiger partial charge in [0, 0.05) is 12.3 Å². The minimum Gasteiger partial charge on any atom is -0.508 e. The lowest BCUT2D eigenvalue weighted by Gasteiger charge is -2.03. The number of nitrogens with zero attached hydrogens (tertiary/aromatic N) is 2. The maximum atomic E-state index is 13.2. The Labute approximate surface area is 179 Å². The highest BCUT2D eigenvalue weighted by Crippen LogP contribution is 2.15. The largest absolute Gasteiger partial charge is 0.508 e. The van der Waals surface area contributed by atoms with Crippen LogP contribution in [-0.4, -0.2) is 47.3 Å². The maximum absolute atomic E-state index is 13.2. The number of rotatable bonds is 8. The van der Waals surface area contributed by atoms with Gasteiger partial charge >= 0.3 is 5.97 Å². The van der Waals surface area contributed by atoms with Gasteiger partial charge in [-0.25, -0.2) is 4.68 Å². The van der Waals surface area contributed by atoms with Gasteiger partial charge in [-0.2, -0.15) is 0 Å². The fraction of sp³-hybridized carbons (Fsp3) is 0.261. The second-order valence-electron chi connectivity index (χ2n) is 6.94. The average molecular weight is 423 g/mol. The van der Waals surface area contributed by atoms with Gasteiger partial charge in [-0.1, -0.05) is 12.1 Å². The lowest BCUT2D eigenvalue weighted by molar-refractivity contribution is -0.139. The lowest BCUT2D eigenvalue weighted by atomic mass is 10.1. The molecule has 8 nitrogen and oxygen atoms in total. The Morgan fingerprint density at radius 3 is 2.39 bits per heavy atom. The molecule has 1 heterocycles. The van der Waals surface area contributed by atoms with E-state index in [2.05, 4.69) is 10.1 Å². The van der Waals surface area contributed by atoms with Crippen molar-refractivity contribution >= 4 is 11.7 Å². The second-order valence-corrected chi connectivity index (χ2v) is 6.94. The first kappa shape index (κ1) is 21.9. The standard InChI is InChI=1S/C23H25N3O5/c1-15(24-13-12-16-4-8-18(27)9-5-16)22-20(14-21(28)31-3)25-26(23(22)29)17-6-10-19(30-2)11-7-17/h4-11,25,27H,12-14H2,1-3H3. The Balaban J connectivity index is 1.91. The average Bonchev–Trinajstić information content (AvgIpc) is 3.10. The number of hydrogen-bond acceptors (Lipinski definition) is 6. The molecule has 162 valence electrons. The van der Waals surface area contributed by atoms with Crippen LogP contribution in [0.1, 0.15) is 23.7 Å². The molecule has 0 aliphatic heterocycles. The number of benzene rings is 2. The van der Waals surface area contributed by atoms with E-state index in [9.17, 15) is 14.7 Å². The first-order chi connectivity index (χ1) is 14.9. The predicted octanol–water partition coefficient (Wildman–Crippen LogP) is 2.65. The van der Waals surface area contributed by atoms with Crippen LogP contribution in [0.2, 0.25) is 0 Å². The topological polar surface area (TPSA) is 106 Å². The third kappa shape index (κ3) is 5.22. The number of carbonyl (C=O) groups is 1. The summed E-state index contributed by atoms with van der Waals surface area (Å²) in [6.45, 7) is 2.21. The second kappa shape index (κ2) is 9.80. The van der Waals surface area contributed by atoms with Crippen molar-refractivity contribution in [3.8, 4) is 17.2 Å². The van der Waals surface area contributed by atoms with Crippen molar-refractivity contribution in [2.45, 2.75) is 19.8 Å². The van der Waals surface area contributed by atoms with Crippen LogP contribution in [0, 0.1) is 0 Å². The number of esters is 1. The van der Waals surface area contributed by atoms with E-state index in [1.54, 1.807) is 50.4 Å². The first-order valence-electron chi connectivity index (χ1n) is 9.77. The molecular formula is C23H25N3O5. The zero-order valence-corrected chi connectivity index (χ0v) is 17.7. The molecule has 0 atom stereocenters. The smallest absolute Gasteiger partial charge is 0.311 e. The summed E-state index contributed by atoms with van der Waals surface area (Å²) in [6.07, 6.45) is 0.579. The summed E-state index contributed by atoms with van der Waals surface area (Å²) in [5, 5.41) is 12.4. The van der Waals surface area contributed by atoms with E-state index in [1.165, 1.54) is 11.8 Å². The third-order valence-corrected chi connectivity index (χ3v) is 4.89. The Morgan fingerprint density at radius 2 is 1.77 bits per heavy atom. The fourth-order valence-electron chi connectivity index (χ4n) is 3.21. The molecular weight excluding hydrogens is 398 g/mol. The summed E-state index contributed by atoms with van der Waals surface area (Å²) in [7, 11) is 2.87. The van der Waals surface area contributed by atoms with Gasteiger partial charge in [-0.05, 0) is 55.3 Å². The SMILES string of the molecule is COC(=O)Cc1[nH]n(-c2ccc(OC)cc2)c(=O)c1C(C)=NCCc1ccc(O)cc1. The van der Waals surface area contributed by atoms with E-state index in [1.807, 2.05) is 12.1 Å². The summed E-state index contributed by atoms with van der Waals surface area (Å²) in [5.74, 6) is 0.425. The van der Waals surface area contributed by atoms with Crippen molar-refractivity contribution in [2.24, 2.45) is 4.99 Å². The minimum atomic E-state index is -0.457. The van der Waals surface area contributed by atoms with Crippen LogP contribution in [0.25, 0.3) is 5.69 Å². The van der Waals surface area contributed by atoms with Crippen LogP contribution in [0.15, 0.2) is 58.3 Å². The molecule has 0 amide bonds. The monoisotopic (exact) mass is 423 g/mol. The number of aliphatic imine (C=N–C) groups is 1. The van der Waals surface area contributed by atoms with E-state index >= 15 is 0 Å². The Kier molecular flexibility index (Phi) is 6.92. The van der Waals surface area contributed by atoms with E-state index in [-0.39, 0.29) is 17.7 Å². The number of aromatic nitrogens is 2. The van der Waals surface area contributed by atoms with Crippen LogP contribution >= 0.6 is 0 Å². The van der Waals surface area contributed by atoms with Crippen LogP contribution in [-0.2, 0) is 22.4 Å². The van der Waals surface area contributed by atoms with E-state index < -0.39 is 5.97 Å². The molecule has 8 heteroatoms. The number of phenolic OH excluding ortho intramolecular Hbond substituents is 1. The van der Waals surface area contributed by atoms with Gasteiger partial charge in [0.25, 0.3) is 5.56 Å². The van der Waals surface area contributed by atoms with E-state index in [0.29, 0.717) is 41.4 Å². The highest BCUT2D eigenvalue weighted by molar-refractivity contribution is 6.00. The Hall–Kier alpha value is -3.81. The molecule has 0 saturated carbocycles. The molecule has 0 aliphatic carbocycles. The number of aromatic hydroxyl groups is 1. The fourth-order valence-corrected chi connectivity index (χ4v) is 3.21. The molecule has 31 heavy (non-hydrogen) atoms. The summed E-state index contributed by atoms with van der Waals surface area (Å²) in [4.78, 5) is 29.6. The molecule has 0 bridgehead atoms. The van der Waals surface area contributed by atoms with Gasteiger partial charge in [0.2, 0.25) is 0 Å². The number of phenols is 1. The predicted molar refractivity (Wildman–Crippen MR) is 118 cm³/mol. The van der Waals surface area contributed by atoms with Crippen molar-refractivity contribution in [1.29, 1.82) is 0 Å². The lowest BCUT2D eigenvalue weighted by Crippen LogP contribution is -2.20. The molecule has 3 aromatic rings. The minimum absolute atomic E-state index is 0.0744. The van der Waals surface area contributed by atoms with Crippen molar-refractivity contribution in [3.63, 3.8) is 0 Å². The van der Waals surface area contributed by atoms with Gasteiger partial charge in [0.15, 0.2) is 0 Å². The van der Waals surface area contributed by atoms with Crippen LogP contribution in [0.4, 0.5) is 0 Å². The molecule has 2 N–H and O–H groups in total. The molecule has 3 rings (SSSR count). The van der Waals surface area contributed by atoms with Gasteiger partial charge in [0.05, 0.1) is 37.6 Å². The molecule has 0 fully saturated rings. The highest BCUT2D eigenvalue weighted by atomic mass is 16.5. The van der Waals surface area contributed by atoms with Crippen LogP contribution < -0.4 is 10.3 Å². The number of carbonyl (C=O) groups excluding carboxylic acids is 1. The normalized spacial score (nSPS) is 11.4. The third-order valence-electron chi connectivity index (χ3n) is 4.89. The molecule has 0 saturated heterocycles. The van der Waals surface area contributed by atoms with E-state index in [0.717, 1.165) is 5.56 Å². The van der Waals surface area contributed by atoms with Gasteiger partial charge in [0.1, 0.15) is 11.5 Å². The highest BCUT2D eigenvalue weighted by Gasteiger charge is 2.20. The molecule has 0 spiro atoms. The van der Waals surface area contributed by atoms with E-state index in [4.69, 9.17) is 9.47 Å². The van der Waals surface area contributed by atoms with Crippen LogP contribution in [0.3, 0.4) is 0 Å². The molecule has 1 aromatic heterocycles. The Bertz CT molecular complexity index is 1130. The van der Waals surface area contributed by atoms with Crippen molar-refractivity contribution in [3.05, 3.63) is 75.7 Å². The van der Waals surface area contributed by atoms with Gasteiger partial charge < -0.3 is 14.6 Å². The summed E-state index contributed by atoms with van der Waals surface area (Å²) >= 11 is 0. The van der Waals surface area contributed by atoms with Crippen molar-refractivity contribution in [1.82, 2.24) is 9.78 Å². The summed E-state index contributed by atoms with van der Waals surface area (Å²) < 4.78 is 11.3.